The third-order valence-electron chi connectivity index (χ3n) is 5.66. The standard InChI is InChI=1S/C23H18ClN3O4S/c1-11-16(18-21(31-11)25-10-27(2)23(18)30)20(29)26-22-17(14-4-3-5-15(14)32-22)19(28)12-6-8-13(24)9-7-12/h6-10H,3-5H2,1-2H3,(H,26,29). The van der Waals surface area contributed by atoms with Crippen molar-refractivity contribution in [1.29, 1.82) is 0 Å². The molecule has 1 amide bonds. The molecular formula is C23H18ClN3O4S. The number of aryl methyl sites for hydroxylation is 3. The van der Waals surface area contributed by atoms with E-state index >= 15 is 0 Å². The summed E-state index contributed by atoms with van der Waals surface area (Å²) in [4.78, 5) is 44.5. The van der Waals surface area contributed by atoms with E-state index in [0.29, 0.717) is 26.9 Å². The Hall–Kier alpha value is -3.23. The highest BCUT2D eigenvalue weighted by Gasteiger charge is 2.30. The zero-order valence-corrected chi connectivity index (χ0v) is 18.9. The fourth-order valence-corrected chi connectivity index (χ4v) is 5.51. The van der Waals surface area contributed by atoms with Gasteiger partial charge in [-0.15, -0.1) is 11.3 Å². The Morgan fingerprint density at radius 2 is 1.94 bits per heavy atom. The van der Waals surface area contributed by atoms with Gasteiger partial charge in [0.25, 0.3) is 11.5 Å². The molecule has 0 saturated carbocycles. The molecule has 7 nitrogen and oxygen atoms in total. The zero-order chi connectivity index (χ0) is 22.6. The first kappa shape index (κ1) is 20.7. The minimum absolute atomic E-state index is 0.113. The number of aromatic nitrogens is 2. The zero-order valence-electron chi connectivity index (χ0n) is 17.3. The lowest BCUT2D eigenvalue weighted by atomic mass is 10.00. The number of nitrogens with zero attached hydrogens (tertiary/aromatic N) is 2. The van der Waals surface area contributed by atoms with E-state index in [2.05, 4.69) is 10.3 Å². The van der Waals surface area contributed by atoms with Crippen LogP contribution in [0.4, 0.5) is 5.00 Å². The summed E-state index contributed by atoms with van der Waals surface area (Å²) in [5, 5.41) is 4.03. The minimum Gasteiger partial charge on any atom is -0.442 e. The molecule has 1 aromatic carbocycles. The number of halogens is 1. The van der Waals surface area contributed by atoms with Gasteiger partial charge in [0, 0.05) is 22.5 Å². The van der Waals surface area contributed by atoms with Gasteiger partial charge in [-0.2, -0.15) is 0 Å². The summed E-state index contributed by atoms with van der Waals surface area (Å²) < 4.78 is 6.85. The normalized spacial score (nSPS) is 12.8. The van der Waals surface area contributed by atoms with Gasteiger partial charge in [-0.25, -0.2) is 4.98 Å². The van der Waals surface area contributed by atoms with E-state index in [1.165, 1.54) is 22.2 Å². The largest absolute Gasteiger partial charge is 0.442 e. The number of anilines is 1. The lowest BCUT2D eigenvalue weighted by Gasteiger charge is -2.08. The second kappa shape index (κ2) is 7.72. The Kier molecular flexibility index (Phi) is 4.98. The monoisotopic (exact) mass is 467 g/mol. The van der Waals surface area contributed by atoms with Gasteiger partial charge in [-0.05, 0) is 56.0 Å². The maximum Gasteiger partial charge on any atom is 0.265 e. The van der Waals surface area contributed by atoms with Crippen LogP contribution < -0.4 is 10.9 Å². The summed E-state index contributed by atoms with van der Waals surface area (Å²) in [6.45, 7) is 1.62. The van der Waals surface area contributed by atoms with Crippen LogP contribution in [0.5, 0.6) is 0 Å². The summed E-state index contributed by atoms with van der Waals surface area (Å²) in [7, 11) is 1.56. The predicted molar refractivity (Wildman–Crippen MR) is 123 cm³/mol. The highest BCUT2D eigenvalue weighted by Crippen LogP contribution is 2.40. The number of amides is 1. The minimum atomic E-state index is -0.503. The van der Waals surface area contributed by atoms with Gasteiger partial charge in [0.15, 0.2) is 5.78 Å². The molecule has 0 atom stereocenters. The summed E-state index contributed by atoms with van der Waals surface area (Å²) >= 11 is 7.38. The van der Waals surface area contributed by atoms with Crippen LogP contribution in [0, 0.1) is 6.92 Å². The molecule has 0 aliphatic heterocycles. The van der Waals surface area contributed by atoms with Crippen molar-refractivity contribution in [2.24, 2.45) is 7.05 Å². The highest BCUT2D eigenvalue weighted by molar-refractivity contribution is 7.17. The molecule has 5 rings (SSSR count). The van der Waals surface area contributed by atoms with E-state index in [4.69, 9.17) is 16.0 Å². The van der Waals surface area contributed by atoms with Gasteiger partial charge in [0.2, 0.25) is 5.71 Å². The number of hydrogen-bond donors (Lipinski definition) is 1. The molecule has 3 heterocycles. The lowest BCUT2D eigenvalue weighted by Crippen LogP contribution is -2.21. The molecule has 1 aliphatic rings. The van der Waals surface area contributed by atoms with Gasteiger partial charge in [-0.1, -0.05) is 11.6 Å². The highest BCUT2D eigenvalue weighted by atomic mass is 35.5. The first-order valence-corrected chi connectivity index (χ1v) is 11.3. The number of benzene rings is 1. The number of rotatable bonds is 4. The van der Waals surface area contributed by atoms with Crippen LogP contribution in [0.15, 0.2) is 39.8 Å². The number of carbonyl (C=O) groups excluding carboxylic acids is 2. The van der Waals surface area contributed by atoms with Crippen molar-refractivity contribution in [2.45, 2.75) is 26.2 Å². The average Bonchev–Trinajstić information content (AvgIpc) is 3.43. The average molecular weight is 468 g/mol. The fourth-order valence-electron chi connectivity index (χ4n) is 4.10. The van der Waals surface area contributed by atoms with Crippen LogP contribution in [0.2, 0.25) is 5.02 Å². The molecule has 162 valence electrons. The van der Waals surface area contributed by atoms with Gasteiger partial charge < -0.3 is 14.3 Å². The summed E-state index contributed by atoms with van der Waals surface area (Å²) in [5.41, 5.74) is 1.86. The van der Waals surface area contributed by atoms with E-state index in [1.807, 2.05) is 0 Å². The number of ketones is 1. The van der Waals surface area contributed by atoms with Crippen LogP contribution in [0.3, 0.4) is 0 Å². The Bertz CT molecular complexity index is 1460. The number of fused-ring (bicyclic) bond motifs is 2. The van der Waals surface area contributed by atoms with Crippen LogP contribution >= 0.6 is 22.9 Å². The van der Waals surface area contributed by atoms with Gasteiger partial charge in [0.05, 0.1) is 11.1 Å². The number of nitrogens with one attached hydrogen (secondary N) is 1. The van der Waals surface area contributed by atoms with Crippen LogP contribution in [0.1, 0.15) is 48.9 Å². The van der Waals surface area contributed by atoms with Crippen molar-refractivity contribution in [2.75, 3.05) is 5.32 Å². The molecule has 0 bridgehead atoms. The van der Waals surface area contributed by atoms with E-state index in [-0.39, 0.29) is 28.0 Å². The maximum absolute atomic E-state index is 13.4. The summed E-state index contributed by atoms with van der Waals surface area (Å²) in [6.07, 6.45) is 3.98. The molecular weight excluding hydrogens is 450 g/mol. The van der Waals surface area contributed by atoms with Crippen LogP contribution in [-0.4, -0.2) is 21.2 Å². The van der Waals surface area contributed by atoms with Crippen molar-refractivity contribution in [1.82, 2.24) is 9.55 Å². The van der Waals surface area contributed by atoms with Crippen molar-refractivity contribution < 1.29 is 14.0 Å². The third-order valence-corrected chi connectivity index (χ3v) is 7.12. The summed E-state index contributed by atoms with van der Waals surface area (Å²) in [5.74, 6) is -0.373. The first-order valence-electron chi connectivity index (χ1n) is 10.1. The van der Waals surface area contributed by atoms with Crippen LogP contribution in [0.25, 0.3) is 11.1 Å². The molecule has 0 saturated heterocycles. The second-order valence-corrected chi connectivity index (χ2v) is 9.27. The Labute approximate surface area is 191 Å². The van der Waals surface area contributed by atoms with E-state index in [9.17, 15) is 14.4 Å². The Balaban J connectivity index is 1.58. The van der Waals surface area contributed by atoms with E-state index < -0.39 is 5.91 Å². The van der Waals surface area contributed by atoms with Crippen LogP contribution in [-0.2, 0) is 19.9 Å². The SMILES string of the molecule is Cc1oc2ncn(C)c(=O)c2c1C(=O)Nc1sc2c(c1C(=O)c1ccc(Cl)cc1)CCC2. The molecule has 0 unspecified atom stereocenters. The molecule has 0 fully saturated rings. The number of furan rings is 1. The molecule has 1 N–H and O–H groups in total. The van der Waals surface area contributed by atoms with E-state index in [1.54, 1.807) is 38.2 Å². The Morgan fingerprint density at radius 1 is 1.19 bits per heavy atom. The van der Waals surface area contributed by atoms with Crippen molar-refractivity contribution in [3.8, 4) is 0 Å². The lowest BCUT2D eigenvalue weighted by molar-refractivity contribution is 0.102. The number of hydrogen-bond acceptors (Lipinski definition) is 6. The Morgan fingerprint density at radius 3 is 2.69 bits per heavy atom. The molecule has 0 radical (unpaired) electrons. The van der Waals surface area contributed by atoms with Crippen molar-refractivity contribution in [3.63, 3.8) is 0 Å². The first-order chi connectivity index (χ1) is 15.3. The maximum atomic E-state index is 13.4. The van der Waals surface area contributed by atoms with Crippen molar-refractivity contribution >= 4 is 50.7 Å². The molecule has 0 spiro atoms. The second-order valence-electron chi connectivity index (χ2n) is 7.73. The molecule has 32 heavy (non-hydrogen) atoms. The predicted octanol–water partition coefficient (Wildman–Crippen LogP) is 4.52. The van der Waals surface area contributed by atoms with Gasteiger partial charge >= 0.3 is 0 Å². The number of thiophene rings is 1. The van der Waals surface area contributed by atoms with Gasteiger partial charge in [0.1, 0.15) is 22.5 Å². The fraction of sp³-hybridized carbons (Fsp3) is 0.217. The molecule has 4 aromatic rings. The van der Waals surface area contributed by atoms with Crippen molar-refractivity contribution in [3.05, 3.63) is 78.9 Å². The number of carbonyl (C=O) groups is 2. The van der Waals surface area contributed by atoms with E-state index in [0.717, 1.165) is 29.7 Å². The summed E-state index contributed by atoms with van der Waals surface area (Å²) in [6, 6.07) is 6.70. The van der Waals surface area contributed by atoms with Gasteiger partial charge in [-0.3, -0.25) is 14.4 Å². The quantitative estimate of drug-likeness (QED) is 0.445. The molecule has 1 aliphatic carbocycles. The topological polar surface area (TPSA) is 94.2 Å². The smallest absolute Gasteiger partial charge is 0.265 e. The third kappa shape index (κ3) is 3.27. The molecule has 9 heteroatoms. The molecule has 3 aromatic heterocycles.